The fraction of sp³-hybridized carbons (Fsp3) is 0. The van der Waals surface area contributed by atoms with E-state index >= 15 is 0 Å². The standard InChI is InChI=1S/C7H7N3O2S/c8-7-9-5-2-1-4(13(11)12)3-6(5)10-7/h1-3H,(H,11,12)(H3,8,9,10). The molecule has 0 aliphatic rings. The molecule has 0 spiro atoms. The number of nitrogens with one attached hydrogen (secondary N) is 1. The Morgan fingerprint density at radius 2 is 2.31 bits per heavy atom. The Labute approximate surface area is 76.3 Å². The van der Waals surface area contributed by atoms with Gasteiger partial charge in [0.15, 0.2) is 17.0 Å². The van der Waals surface area contributed by atoms with Gasteiger partial charge in [-0.25, -0.2) is 9.19 Å². The Balaban J connectivity index is 2.67. The van der Waals surface area contributed by atoms with Gasteiger partial charge in [-0.15, -0.1) is 0 Å². The number of nitrogen functional groups attached to an aromatic ring is 1. The molecule has 6 heteroatoms. The highest BCUT2D eigenvalue weighted by molar-refractivity contribution is 7.79. The lowest BCUT2D eigenvalue weighted by atomic mass is 10.3. The predicted molar refractivity (Wildman–Crippen MR) is 49.5 cm³/mol. The fourth-order valence-electron chi connectivity index (χ4n) is 1.12. The highest BCUT2D eigenvalue weighted by atomic mass is 32.2. The zero-order valence-electron chi connectivity index (χ0n) is 6.52. The first-order chi connectivity index (χ1) is 6.16. The molecule has 1 aromatic heterocycles. The van der Waals surface area contributed by atoms with Crippen molar-refractivity contribution >= 4 is 28.1 Å². The SMILES string of the molecule is Nc1nc2ccc(S(=O)O)cc2[nH]1. The van der Waals surface area contributed by atoms with E-state index in [0.717, 1.165) is 0 Å². The van der Waals surface area contributed by atoms with Crippen LogP contribution in [-0.4, -0.2) is 18.7 Å². The molecule has 4 N–H and O–H groups in total. The first kappa shape index (κ1) is 8.21. The maximum absolute atomic E-state index is 10.7. The smallest absolute Gasteiger partial charge is 0.198 e. The van der Waals surface area contributed by atoms with E-state index in [-0.39, 0.29) is 0 Å². The molecule has 68 valence electrons. The zero-order chi connectivity index (χ0) is 9.42. The molecule has 0 radical (unpaired) electrons. The van der Waals surface area contributed by atoms with Gasteiger partial charge in [0.05, 0.1) is 15.9 Å². The number of hydrogen-bond donors (Lipinski definition) is 3. The van der Waals surface area contributed by atoms with E-state index in [9.17, 15) is 4.21 Å². The van der Waals surface area contributed by atoms with Gasteiger partial charge in [0.1, 0.15) is 0 Å². The molecule has 0 fully saturated rings. The van der Waals surface area contributed by atoms with Crippen molar-refractivity contribution in [1.82, 2.24) is 9.97 Å². The number of aromatic nitrogens is 2. The van der Waals surface area contributed by atoms with E-state index in [1.165, 1.54) is 0 Å². The van der Waals surface area contributed by atoms with E-state index in [0.29, 0.717) is 21.9 Å². The van der Waals surface area contributed by atoms with Gasteiger partial charge in [-0.3, -0.25) is 0 Å². The van der Waals surface area contributed by atoms with Gasteiger partial charge in [0.2, 0.25) is 0 Å². The number of rotatable bonds is 1. The van der Waals surface area contributed by atoms with Crippen LogP contribution >= 0.6 is 0 Å². The van der Waals surface area contributed by atoms with Gasteiger partial charge in [-0.2, -0.15) is 0 Å². The first-order valence-corrected chi connectivity index (χ1v) is 4.63. The van der Waals surface area contributed by atoms with E-state index in [2.05, 4.69) is 9.97 Å². The molecule has 0 amide bonds. The summed E-state index contributed by atoms with van der Waals surface area (Å²) in [7, 11) is 0. The lowest BCUT2D eigenvalue weighted by Crippen LogP contribution is -1.87. The zero-order valence-corrected chi connectivity index (χ0v) is 7.34. The van der Waals surface area contributed by atoms with Gasteiger partial charge in [0.25, 0.3) is 0 Å². The Hall–Kier alpha value is -1.40. The molecule has 2 rings (SSSR count). The minimum atomic E-state index is -1.96. The molecule has 13 heavy (non-hydrogen) atoms. The molecule has 2 aromatic rings. The second kappa shape index (κ2) is 2.82. The summed E-state index contributed by atoms with van der Waals surface area (Å²) in [5.74, 6) is 0.302. The van der Waals surface area contributed by atoms with E-state index < -0.39 is 11.1 Å². The lowest BCUT2D eigenvalue weighted by molar-refractivity contribution is 0.564. The molecule has 0 bridgehead atoms. The monoisotopic (exact) mass is 197 g/mol. The molecule has 1 unspecified atom stereocenters. The molecule has 5 nitrogen and oxygen atoms in total. The summed E-state index contributed by atoms with van der Waals surface area (Å²) in [6.07, 6.45) is 0. The first-order valence-electron chi connectivity index (χ1n) is 3.53. The molecule has 0 saturated carbocycles. The highest BCUT2D eigenvalue weighted by Crippen LogP contribution is 2.15. The quantitative estimate of drug-likeness (QED) is 0.587. The van der Waals surface area contributed by atoms with Crippen molar-refractivity contribution in [3.63, 3.8) is 0 Å². The summed E-state index contributed by atoms with van der Waals surface area (Å²) in [6.45, 7) is 0. The number of nitrogens with zero attached hydrogens (tertiary/aromatic N) is 1. The number of benzene rings is 1. The van der Waals surface area contributed by atoms with Crippen LogP contribution in [0.15, 0.2) is 23.1 Å². The van der Waals surface area contributed by atoms with Crippen LogP contribution in [0.3, 0.4) is 0 Å². The van der Waals surface area contributed by atoms with E-state index in [1.54, 1.807) is 18.2 Å². The molecular formula is C7H7N3O2S. The van der Waals surface area contributed by atoms with Crippen molar-refractivity contribution in [3.8, 4) is 0 Å². The summed E-state index contributed by atoms with van der Waals surface area (Å²) in [6, 6.07) is 4.74. The Morgan fingerprint density at radius 1 is 1.54 bits per heavy atom. The minimum absolute atomic E-state index is 0.302. The minimum Gasteiger partial charge on any atom is -0.369 e. The number of fused-ring (bicyclic) bond motifs is 1. The van der Waals surface area contributed by atoms with Gasteiger partial charge in [-0.1, -0.05) is 0 Å². The van der Waals surface area contributed by atoms with Crippen LogP contribution in [0.5, 0.6) is 0 Å². The second-order valence-electron chi connectivity index (χ2n) is 2.55. The van der Waals surface area contributed by atoms with Gasteiger partial charge < -0.3 is 15.3 Å². The van der Waals surface area contributed by atoms with Crippen molar-refractivity contribution in [1.29, 1.82) is 0 Å². The summed E-state index contributed by atoms with van der Waals surface area (Å²) < 4.78 is 19.5. The molecular weight excluding hydrogens is 190 g/mol. The van der Waals surface area contributed by atoms with Crippen molar-refractivity contribution in [2.75, 3.05) is 5.73 Å². The average molecular weight is 197 g/mol. The van der Waals surface area contributed by atoms with Crippen molar-refractivity contribution in [3.05, 3.63) is 18.2 Å². The van der Waals surface area contributed by atoms with Crippen LogP contribution < -0.4 is 5.73 Å². The van der Waals surface area contributed by atoms with Crippen LogP contribution in [0.2, 0.25) is 0 Å². The summed E-state index contributed by atoms with van der Waals surface area (Å²) in [5, 5.41) is 0. The third-order valence-electron chi connectivity index (χ3n) is 1.67. The molecule has 1 atom stereocenters. The second-order valence-corrected chi connectivity index (χ2v) is 3.52. The number of aromatic amines is 1. The third kappa shape index (κ3) is 1.41. The average Bonchev–Trinajstić information content (AvgIpc) is 2.42. The van der Waals surface area contributed by atoms with Gasteiger partial charge in [-0.05, 0) is 18.2 Å². The van der Waals surface area contributed by atoms with Crippen LogP contribution in [-0.2, 0) is 11.1 Å². The van der Waals surface area contributed by atoms with E-state index in [4.69, 9.17) is 10.3 Å². The van der Waals surface area contributed by atoms with E-state index in [1.807, 2.05) is 0 Å². The van der Waals surface area contributed by atoms with Crippen LogP contribution in [0.25, 0.3) is 11.0 Å². The topological polar surface area (TPSA) is 92.0 Å². The molecule has 1 aromatic carbocycles. The van der Waals surface area contributed by atoms with Gasteiger partial charge >= 0.3 is 0 Å². The third-order valence-corrected chi connectivity index (χ3v) is 2.33. The van der Waals surface area contributed by atoms with Crippen molar-refractivity contribution < 1.29 is 8.76 Å². The maximum Gasteiger partial charge on any atom is 0.198 e. The number of anilines is 1. The number of imidazole rings is 1. The molecule has 0 aliphatic heterocycles. The fourth-order valence-corrected chi connectivity index (χ4v) is 1.52. The Kier molecular flexibility index (Phi) is 1.78. The maximum atomic E-state index is 10.7. The predicted octanol–water partition coefficient (Wildman–Crippen LogP) is 0.726. The number of nitrogens with two attached hydrogens (primary N) is 1. The molecule has 0 aliphatic carbocycles. The van der Waals surface area contributed by atoms with Crippen LogP contribution in [0.4, 0.5) is 5.95 Å². The van der Waals surface area contributed by atoms with Crippen LogP contribution in [0, 0.1) is 0 Å². The largest absolute Gasteiger partial charge is 0.369 e. The lowest BCUT2D eigenvalue weighted by Gasteiger charge is -1.92. The van der Waals surface area contributed by atoms with Crippen molar-refractivity contribution in [2.24, 2.45) is 0 Å². The normalized spacial score (nSPS) is 13.3. The number of hydrogen-bond acceptors (Lipinski definition) is 3. The molecule has 0 saturated heterocycles. The summed E-state index contributed by atoms with van der Waals surface area (Å²) in [5.41, 5.74) is 6.76. The summed E-state index contributed by atoms with van der Waals surface area (Å²) >= 11 is -1.96. The van der Waals surface area contributed by atoms with Gasteiger partial charge in [0, 0.05) is 0 Å². The molecule has 1 heterocycles. The Bertz CT molecular complexity index is 480. The van der Waals surface area contributed by atoms with Crippen molar-refractivity contribution in [2.45, 2.75) is 4.90 Å². The summed E-state index contributed by atoms with van der Waals surface area (Å²) in [4.78, 5) is 7.06. The highest BCUT2D eigenvalue weighted by Gasteiger charge is 2.03. The number of H-pyrrole nitrogens is 1. The van der Waals surface area contributed by atoms with Crippen LogP contribution in [0.1, 0.15) is 0 Å². The Morgan fingerprint density at radius 3 is 3.00 bits per heavy atom.